The second-order valence-electron chi connectivity index (χ2n) is 6.32. The van der Waals surface area contributed by atoms with E-state index >= 15 is 0 Å². The minimum Gasteiger partial charge on any atom is -0.311 e. The van der Waals surface area contributed by atoms with Crippen LogP contribution in [0.4, 0.5) is 0 Å². The molecule has 1 N–H and O–H groups in total. The van der Waals surface area contributed by atoms with Gasteiger partial charge in [-0.15, -0.1) is 0 Å². The molecule has 21 heavy (non-hydrogen) atoms. The van der Waals surface area contributed by atoms with Gasteiger partial charge >= 0.3 is 0 Å². The summed E-state index contributed by atoms with van der Waals surface area (Å²) in [7, 11) is 0. The number of carbonyl (C=O) groups excluding carboxylic acids is 2. The average Bonchev–Trinajstić information content (AvgIpc) is 2.56. The molecule has 0 saturated carbocycles. The quantitative estimate of drug-likeness (QED) is 0.803. The topological polar surface area (TPSA) is 52.7 Å². The van der Waals surface area contributed by atoms with Crippen molar-refractivity contribution in [1.29, 1.82) is 0 Å². The molecule has 5 nitrogen and oxygen atoms in total. The van der Waals surface area contributed by atoms with E-state index in [1.165, 1.54) is 0 Å². The predicted octanol–water partition coefficient (Wildman–Crippen LogP) is 1.70. The summed E-state index contributed by atoms with van der Waals surface area (Å²) in [5.41, 5.74) is 0. The first kappa shape index (κ1) is 16.0. The normalized spacial score (nSPS) is 27.9. The number of hydrogen-bond donors (Lipinski definition) is 1. The minimum absolute atomic E-state index is 0.00190. The molecule has 0 bridgehead atoms. The number of rotatable bonds is 4. The first-order valence-electron chi connectivity index (χ1n) is 8.01. The van der Waals surface area contributed by atoms with Gasteiger partial charge in [-0.25, -0.2) is 10.0 Å². The summed E-state index contributed by atoms with van der Waals surface area (Å²) in [6, 6.07) is 0.404. The van der Waals surface area contributed by atoms with Gasteiger partial charge in [-0.05, 0) is 19.8 Å². The first-order valence-corrected chi connectivity index (χ1v) is 8.01. The highest BCUT2D eigenvalue weighted by Gasteiger charge is 2.41. The van der Waals surface area contributed by atoms with Crippen LogP contribution >= 0.6 is 0 Å². The fourth-order valence-electron chi connectivity index (χ4n) is 3.29. The summed E-state index contributed by atoms with van der Waals surface area (Å²) in [6.07, 6.45) is 5.94. The van der Waals surface area contributed by atoms with E-state index in [-0.39, 0.29) is 29.8 Å². The molecule has 2 heterocycles. The van der Waals surface area contributed by atoms with Gasteiger partial charge in [0.15, 0.2) is 0 Å². The van der Waals surface area contributed by atoms with Crippen LogP contribution in [0.2, 0.25) is 0 Å². The van der Waals surface area contributed by atoms with E-state index in [0.29, 0.717) is 25.4 Å². The highest BCUT2D eigenvalue weighted by atomic mass is 16.2. The Balaban J connectivity index is 2.25. The number of amides is 2. The van der Waals surface area contributed by atoms with Gasteiger partial charge in [0, 0.05) is 18.5 Å². The van der Waals surface area contributed by atoms with Crippen LogP contribution in [-0.4, -0.2) is 46.5 Å². The van der Waals surface area contributed by atoms with Crippen LogP contribution in [0.1, 0.15) is 47.0 Å². The Hall–Kier alpha value is -1.36. The molecule has 0 aromatic carbocycles. The van der Waals surface area contributed by atoms with Crippen molar-refractivity contribution in [2.75, 3.05) is 6.54 Å². The number of fused-ring (bicyclic) bond motifs is 1. The fraction of sp³-hybridized carbons (Fsp3) is 0.750. The highest BCUT2D eigenvalue weighted by Crippen LogP contribution is 2.27. The lowest BCUT2D eigenvalue weighted by Crippen LogP contribution is -2.57. The van der Waals surface area contributed by atoms with Crippen LogP contribution in [0, 0.1) is 5.92 Å². The van der Waals surface area contributed by atoms with E-state index < -0.39 is 0 Å². The van der Waals surface area contributed by atoms with Crippen molar-refractivity contribution in [3.05, 3.63) is 12.2 Å². The third-order valence-electron chi connectivity index (χ3n) is 4.33. The molecule has 3 atom stereocenters. The van der Waals surface area contributed by atoms with E-state index in [0.717, 1.165) is 6.42 Å². The van der Waals surface area contributed by atoms with Crippen molar-refractivity contribution >= 4 is 11.8 Å². The number of hydrogen-bond acceptors (Lipinski definition) is 3. The Bertz CT molecular complexity index is 433. The molecule has 2 aliphatic rings. The fourth-order valence-corrected chi connectivity index (χ4v) is 3.29. The molecule has 3 unspecified atom stereocenters. The van der Waals surface area contributed by atoms with Gasteiger partial charge in [0.05, 0.1) is 18.5 Å². The van der Waals surface area contributed by atoms with Crippen LogP contribution in [0.25, 0.3) is 0 Å². The average molecular weight is 293 g/mol. The summed E-state index contributed by atoms with van der Waals surface area (Å²) in [6.45, 7) is 8.76. The van der Waals surface area contributed by atoms with Crippen LogP contribution in [0.3, 0.4) is 0 Å². The van der Waals surface area contributed by atoms with E-state index in [4.69, 9.17) is 0 Å². The van der Waals surface area contributed by atoms with Gasteiger partial charge in [0.1, 0.15) is 0 Å². The van der Waals surface area contributed by atoms with Gasteiger partial charge in [0.2, 0.25) is 11.8 Å². The number of nitrogens with zero attached hydrogens (tertiary/aromatic N) is 2. The summed E-state index contributed by atoms with van der Waals surface area (Å²) in [5, 5.41) is 6.76. The molecule has 5 heteroatoms. The maximum atomic E-state index is 13.0. The van der Waals surface area contributed by atoms with Crippen LogP contribution in [0.15, 0.2) is 12.2 Å². The van der Waals surface area contributed by atoms with Crippen molar-refractivity contribution < 1.29 is 9.59 Å². The minimum atomic E-state index is -0.137. The lowest BCUT2D eigenvalue weighted by atomic mass is 9.93. The summed E-state index contributed by atoms with van der Waals surface area (Å²) < 4.78 is 0. The lowest BCUT2D eigenvalue weighted by molar-refractivity contribution is -0.167. The maximum absolute atomic E-state index is 13.0. The van der Waals surface area contributed by atoms with Gasteiger partial charge in [-0.2, -0.15) is 0 Å². The number of nitrogens with one attached hydrogen (secondary N) is 1. The third-order valence-corrected chi connectivity index (χ3v) is 4.33. The second kappa shape index (κ2) is 6.60. The Kier molecular flexibility index (Phi) is 5.04. The van der Waals surface area contributed by atoms with Crippen molar-refractivity contribution in [1.82, 2.24) is 15.3 Å². The van der Waals surface area contributed by atoms with Crippen molar-refractivity contribution in [2.45, 2.75) is 65.1 Å². The Morgan fingerprint density at radius 2 is 2.05 bits per heavy atom. The van der Waals surface area contributed by atoms with E-state index in [1.807, 2.05) is 26.0 Å². The summed E-state index contributed by atoms with van der Waals surface area (Å²) >= 11 is 0. The molecule has 0 aromatic rings. The lowest BCUT2D eigenvalue weighted by Gasteiger charge is -2.41. The monoisotopic (exact) mass is 293 g/mol. The molecule has 0 aliphatic carbocycles. The van der Waals surface area contributed by atoms with E-state index in [9.17, 15) is 9.59 Å². The molecule has 1 fully saturated rings. The first-order chi connectivity index (χ1) is 9.95. The summed E-state index contributed by atoms with van der Waals surface area (Å²) in [5.74, 6) is 0.00463. The molecule has 0 aromatic heterocycles. The molecule has 0 spiro atoms. The van der Waals surface area contributed by atoms with Crippen molar-refractivity contribution in [3.8, 4) is 0 Å². The third kappa shape index (κ3) is 3.28. The van der Waals surface area contributed by atoms with Gasteiger partial charge < -0.3 is 5.32 Å². The van der Waals surface area contributed by atoms with Crippen LogP contribution in [0.5, 0.6) is 0 Å². The number of carbonyl (C=O) groups is 2. The molecule has 0 radical (unpaired) electrons. The van der Waals surface area contributed by atoms with Gasteiger partial charge in [-0.3, -0.25) is 9.59 Å². The molecule has 118 valence electrons. The Morgan fingerprint density at radius 1 is 1.33 bits per heavy atom. The Labute approximate surface area is 127 Å². The standard InChI is InChI=1S/C16H27N3O2/c1-5-13-7-6-10-18-15(20)9-8-14(16(21)19(13)18)12(4)17-11(2)3/h6-7,11-14,17H,5,8-10H2,1-4H3. The van der Waals surface area contributed by atoms with E-state index in [1.54, 1.807) is 10.0 Å². The molecule has 1 saturated heterocycles. The molecular formula is C16H27N3O2. The zero-order valence-corrected chi connectivity index (χ0v) is 13.5. The van der Waals surface area contributed by atoms with Crippen LogP contribution < -0.4 is 5.32 Å². The van der Waals surface area contributed by atoms with Crippen molar-refractivity contribution in [3.63, 3.8) is 0 Å². The molecule has 2 rings (SSSR count). The highest BCUT2D eigenvalue weighted by molar-refractivity contribution is 5.87. The molecule has 2 amide bonds. The van der Waals surface area contributed by atoms with Gasteiger partial charge in [-0.1, -0.05) is 32.9 Å². The van der Waals surface area contributed by atoms with Gasteiger partial charge in [0.25, 0.3) is 0 Å². The Morgan fingerprint density at radius 3 is 2.67 bits per heavy atom. The largest absolute Gasteiger partial charge is 0.311 e. The second-order valence-corrected chi connectivity index (χ2v) is 6.32. The number of hydrazine groups is 1. The molecule has 2 aliphatic heterocycles. The van der Waals surface area contributed by atoms with E-state index in [2.05, 4.69) is 19.2 Å². The van der Waals surface area contributed by atoms with Crippen molar-refractivity contribution in [2.24, 2.45) is 5.92 Å². The zero-order chi connectivity index (χ0) is 15.6. The summed E-state index contributed by atoms with van der Waals surface area (Å²) in [4.78, 5) is 25.3. The SMILES string of the molecule is CCC1C=CCN2C(=O)CCC(C(C)NC(C)C)C(=O)N12. The van der Waals surface area contributed by atoms with Crippen LogP contribution in [-0.2, 0) is 9.59 Å². The maximum Gasteiger partial charge on any atom is 0.246 e. The predicted molar refractivity (Wildman–Crippen MR) is 82.2 cm³/mol. The smallest absolute Gasteiger partial charge is 0.246 e. The zero-order valence-electron chi connectivity index (χ0n) is 13.5. The molecular weight excluding hydrogens is 266 g/mol.